The van der Waals surface area contributed by atoms with Crippen molar-refractivity contribution in [3.05, 3.63) is 35.4 Å². The van der Waals surface area contributed by atoms with Crippen LogP contribution in [0.25, 0.3) is 0 Å². The molecular weight excluding hydrogens is 303 g/mol. The zero-order valence-electron chi connectivity index (χ0n) is 13.7. The van der Waals surface area contributed by atoms with E-state index in [9.17, 15) is 18.0 Å². The predicted molar refractivity (Wildman–Crippen MR) is 84.1 cm³/mol. The van der Waals surface area contributed by atoms with Crippen molar-refractivity contribution in [1.82, 2.24) is 5.32 Å². The van der Waals surface area contributed by atoms with E-state index >= 15 is 0 Å². The van der Waals surface area contributed by atoms with Crippen molar-refractivity contribution < 1.29 is 18.0 Å². The molecule has 0 unspecified atom stereocenters. The fourth-order valence-electron chi connectivity index (χ4n) is 3.43. The van der Waals surface area contributed by atoms with Crippen LogP contribution in [0.5, 0.6) is 0 Å². The molecule has 0 radical (unpaired) electrons. The molecular formula is C18H24F3NO. The van der Waals surface area contributed by atoms with Gasteiger partial charge in [-0.05, 0) is 37.3 Å². The molecule has 1 N–H and O–H groups in total. The van der Waals surface area contributed by atoms with E-state index in [2.05, 4.69) is 5.32 Å². The highest BCUT2D eigenvalue weighted by atomic mass is 19.4. The number of amides is 1. The van der Waals surface area contributed by atoms with Crippen molar-refractivity contribution in [3.8, 4) is 0 Å². The van der Waals surface area contributed by atoms with Crippen LogP contribution in [0.15, 0.2) is 24.3 Å². The molecule has 0 heterocycles. The minimum absolute atomic E-state index is 0.0748. The molecule has 1 fully saturated rings. The van der Waals surface area contributed by atoms with Crippen molar-refractivity contribution in [1.29, 1.82) is 0 Å². The fraction of sp³-hybridized carbons (Fsp3) is 0.611. The van der Waals surface area contributed by atoms with E-state index in [1.807, 2.05) is 13.8 Å². The quantitative estimate of drug-likeness (QED) is 0.825. The van der Waals surface area contributed by atoms with Gasteiger partial charge in [-0.3, -0.25) is 4.79 Å². The van der Waals surface area contributed by atoms with Gasteiger partial charge in [0.1, 0.15) is 0 Å². The highest BCUT2D eigenvalue weighted by molar-refractivity contribution is 5.88. The van der Waals surface area contributed by atoms with Crippen LogP contribution >= 0.6 is 0 Å². The molecule has 1 amide bonds. The summed E-state index contributed by atoms with van der Waals surface area (Å²) in [7, 11) is 0. The maximum Gasteiger partial charge on any atom is 0.416 e. The molecule has 1 aliphatic rings. The summed E-state index contributed by atoms with van der Waals surface area (Å²) in [5, 5.41) is 3.04. The van der Waals surface area contributed by atoms with Crippen LogP contribution in [0, 0.1) is 0 Å². The molecule has 1 aromatic rings. The Morgan fingerprint density at radius 1 is 1.22 bits per heavy atom. The van der Waals surface area contributed by atoms with E-state index in [1.54, 1.807) is 6.07 Å². The third kappa shape index (κ3) is 3.70. The molecule has 2 rings (SSSR count). The van der Waals surface area contributed by atoms with Crippen molar-refractivity contribution in [3.63, 3.8) is 0 Å². The summed E-state index contributed by atoms with van der Waals surface area (Å²) >= 11 is 0. The van der Waals surface area contributed by atoms with Gasteiger partial charge >= 0.3 is 6.18 Å². The van der Waals surface area contributed by atoms with E-state index in [0.29, 0.717) is 18.4 Å². The summed E-state index contributed by atoms with van der Waals surface area (Å²) in [4.78, 5) is 12.9. The van der Waals surface area contributed by atoms with Crippen LogP contribution in [0.4, 0.5) is 13.2 Å². The standard InChI is InChI=1S/C18H24F3NO/c1-3-15(4-2)22-16(23)17(10-5-6-11-17)13-8-7-9-14(12-13)18(19,20)21/h7-9,12,15H,3-6,10-11H2,1-2H3,(H,22,23). The van der Waals surface area contributed by atoms with Gasteiger partial charge < -0.3 is 5.32 Å². The Balaban J connectivity index is 2.36. The van der Waals surface area contributed by atoms with Gasteiger partial charge in [-0.1, -0.05) is 44.9 Å². The Hall–Kier alpha value is -1.52. The second-order valence-electron chi connectivity index (χ2n) is 6.35. The van der Waals surface area contributed by atoms with E-state index in [0.717, 1.165) is 37.8 Å². The lowest BCUT2D eigenvalue weighted by molar-refractivity contribution is -0.138. The second kappa shape index (κ2) is 6.93. The number of carbonyl (C=O) groups is 1. The Labute approximate surface area is 135 Å². The molecule has 5 heteroatoms. The molecule has 128 valence electrons. The number of hydrogen-bond acceptors (Lipinski definition) is 1. The van der Waals surface area contributed by atoms with E-state index < -0.39 is 17.2 Å². The summed E-state index contributed by atoms with van der Waals surface area (Å²) in [5.74, 6) is -0.122. The Kier molecular flexibility index (Phi) is 5.37. The number of alkyl halides is 3. The molecule has 1 aromatic carbocycles. The largest absolute Gasteiger partial charge is 0.416 e. The number of hydrogen-bond donors (Lipinski definition) is 1. The summed E-state index contributed by atoms with van der Waals surface area (Å²) in [6, 6.07) is 5.35. The van der Waals surface area contributed by atoms with Crippen molar-refractivity contribution in [2.24, 2.45) is 0 Å². The van der Waals surface area contributed by atoms with Gasteiger partial charge in [0, 0.05) is 6.04 Å². The monoisotopic (exact) mass is 327 g/mol. The Bertz CT molecular complexity index is 543. The van der Waals surface area contributed by atoms with Crippen molar-refractivity contribution >= 4 is 5.91 Å². The minimum atomic E-state index is -4.39. The van der Waals surface area contributed by atoms with Gasteiger partial charge in [0.05, 0.1) is 11.0 Å². The maximum absolute atomic E-state index is 13.0. The van der Waals surface area contributed by atoms with Gasteiger partial charge in [0.25, 0.3) is 0 Å². The molecule has 0 bridgehead atoms. The van der Waals surface area contributed by atoms with Gasteiger partial charge in [-0.15, -0.1) is 0 Å². The summed E-state index contributed by atoms with van der Waals surface area (Å²) in [6.07, 6.45) is 0.212. The summed E-state index contributed by atoms with van der Waals surface area (Å²) < 4.78 is 39.0. The number of carbonyl (C=O) groups excluding carboxylic acids is 1. The fourth-order valence-corrected chi connectivity index (χ4v) is 3.43. The predicted octanol–water partition coefficient (Wildman–Crippen LogP) is 4.82. The zero-order valence-corrected chi connectivity index (χ0v) is 13.7. The molecule has 0 atom stereocenters. The van der Waals surface area contributed by atoms with Crippen LogP contribution in [0.3, 0.4) is 0 Å². The molecule has 23 heavy (non-hydrogen) atoms. The zero-order chi connectivity index (χ0) is 17.1. The van der Waals surface area contributed by atoms with Gasteiger partial charge in [0.2, 0.25) is 5.91 Å². The lowest BCUT2D eigenvalue weighted by Gasteiger charge is -2.31. The summed E-state index contributed by atoms with van der Waals surface area (Å²) in [6.45, 7) is 4.00. The van der Waals surface area contributed by atoms with E-state index in [-0.39, 0.29) is 11.9 Å². The minimum Gasteiger partial charge on any atom is -0.353 e. The molecule has 0 aliphatic heterocycles. The number of halogens is 3. The van der Waals surface area contributed by atoms with Crippen LogP contribution in [-0.4, -0.2) is 11.9 Å². The molecule has 2 nitrogen and oxygen atoms in total. The summed E-state index contributed by atoms with van der Waals surface area (Å²) in [5.41, 5.74) is -1.01. The average Bonchev–Trinajstić information content (AvgIpc) is 3.02. The normalized spacial score (nSPS) is 17.5. The molecule has 0 spiro atoms. The topological polar surface area (TPSA) is 29.1 Å². The lowest BCUT2D eigenvalue weighted by Crippen LogP contribution is -2.46. The Morgan fingerprint density at radius 2 is 1.83 bits per heavy atom. The smallest absolute Gasteiger partial charge is 0.353 e. The SMILES string of the molecule is CCC(CC)NC(=O)C1(c2cccc(C(F)(F)F)c2)CCCC1. The second-order valence-corrected chi connectivity index (χ2v) is 6.35. The highest BCUT2D eigenvalue weighted by Gasteiger charge is 2.44. The highest BCUT2D eigenvalue weighted by Crippen LogP contribution is 2.43. The van der Waals surface area contributed by atoms with E-state index in [1.165, 1.54) is 6.07 Å². The number of rotatable bonds is 5. The van der Waals surface area contributed by atoms with Crippen LogP contribution in [-0.2, 0) is 16.4 Å². The van der Waals surface area contributed by atoms with Gasteiger partial charge in [0.15, 0.2) is 0 Å². The van der Waals surface area contributed by atoms with Gasteiger partial charge in [-0.2, -0.15) is 13.2 Å². The number of nitrogens with one attached hydrogen (secondary N) is 1. The number of benzene rings is 1. The maximum atomic E-state index is 13.0. The van der Waals surface area contributed by atoms with Crippen molar-refractivity contribution in [2.45, 2.75) is 70.0 Å². The van der Waals surface area contributed by atoms with E-state index in [4.69, 9.17) is 0 Å². The Morgan fingerprint density at radius 3 is 2.35 bits per heavy atom. The van der Waals surface area contributed by atoms with Crippen LogP contribution in [0.1, 0.15) is 63.5 Å². The first-order valence-electron chi connectivity index (χ1n) is 8.32. The first-order valence-corrected chi connectivity index (χ1v) is 8.32. The average molecular weight is 327 g/mol. The molecule has 0 aromatic heterocycles. The molecule has 1 aliphatic carbocycles. The van der Waals surface area contributed by atoms with Crippen molar-refractivity contribution in [2.75, 3.05) is 0 Å². The lowest BCUT2D eigenvalue weighted by atomic mass is 9.77. The third-order valence-corrected chi connectivity index (χ3v) is 4.96. The molecule has 1 saturated carbocycles. The first kappa shape index (κ1) is 17.8. The van der Waals surface area contributed by atoms with Crippen LogP contribution in [0.2, 0.25) is 0 Å². The van der Waals surface area contributed by atoms with Crippen LogP contribution < -0.4 is 5.32 Å². The third-order valence-electron chi connectivity index (χ3n) is 4.96. The first-order chi connectivity index (χ1) is 10.8. The van der Waals surface area contributed by atoms with Gasteiger partial charge in [-0.25, -0.2) is 0 Å². The molecule has 0 saturated heterocycles.